The van der Waals surface area contributed by atoms with E-state index in [1.807, 2.05) is 35.5 Å². The molecule has 18 heteroatoms. The summed E-state index contributed by atoms with van der Waals surface area (Å²) in [6, 6.07) is 12.5. The van der Waals surface area contributed by atoms with Crippen LogP contribution in [0.1, 0.15) is 139 Å². The zero-order valence-corrected chi connectivity index (χ0v) is 42.4. The number of nitrogens with zero attached hydrogens (tertiary/aromatic N) is 8. The van der Waals surface area contributed by atoms with E-state index in [1.54, 1.807) is 36.5 Å². The minimum atomic E-state index is -2.72. The highest BCUT2D eigenvalue weighted by atomic mass is 32.1. The number of hydrogen-bond donors (Lipinski definition) is 1. The van der Waals surface area contributed by atoms with Crippen molar-refractivity contribution in [3.05, 3.63) is 87.0 Å². The van der Waals surface area contributed by atoms with Crippen molar-refractivity contribution in [2.24, 2.45) is 5.92 Å². The maximum atomic E-state index is 15.7. The number of aromatic nitrogens is 3. The number of benzene rings is 3. The number of hydrogen-bond acceptors (Lipinski definition) is 12. The molecule has 0 spiro atoms. The van der Waals surface area contributed by atoms with Crippen molar-refractivity contribution in [2.75, 3.05) is 68.8 Å². The molecule has 1 unspecified atom stereocenters. The van der Waals surface area contributed by atoms with Crippen molar-refractivity contribution < 1.29 is 37.5 Å². The van der Waals surface area contributed by atoms with Crippen molar-refractivity contribution in [2.45, 2.75) is 115 Å². The second kappa shape index (κ2) is 20.7. The molecular weight excluding hydrogens is 953 g/mol. The van der Waals surface area contributed by atoms with E-state index in [-0.39, 0.29) is 47.4 Å². The molecule has 0 bridgehead atoms. The number of likely N-dealkylation sites (tertiary alicyclic amines) is 1. The van der Waals surface area contributed by atoms with Gasteiger partial charge in [-0.3, -0.25) is 38.9 Å². The highest BCUT2D eigenvalue weighted by Gasteiger charge is 2.43. The molecule has 384 valence electrons. The van der Waals surface area contributed by atoms with Gasteiger partial charge in [-0.25, -0.2) is 13.8 Å². The summed E-state index contributed by atoms with van der Waals surface area (Å²) in [4.78, 5) is 77.9. The third kappa shape index (κ3) is 9.32. The van der Waals surface area contributed by atoms with E-state index in [9.17, 15) is 24.0 Å². The number of nitrogens with one attached hydrogen (secondary N) is 1. The Bertz CT molecular complexity index is 2950. The van der Waals surface area contributed by atoms with E-state index < -0.39 is 30.2 Å². The van der Waals surface area contributed by atoms with Gasteiger partial charge in [-0.1, -0.05) is 13.3 Å². The van der Waals surface area contributed by atoms with Gasteiger partial charge in [0.15, 0.2) is 5.82 Å². The largest absolute Gasteiger partial charge is 0.381 e. The van der Waals surface area contributed by atoms with Crippen LogP contribution in [-0.2, 0) is 38.5 Å². The molecule has 8 heterocycles. The average Bonchev–Trinajstić information content (AvgIpc) is 4.11. The zero-order valence-electron chi connectivity index (χ0n) is 41.6. The zero-order chi connectivity index (χ0) is 50.5. The van der Waals surface area contributed by atoms with E-state index in [1.165, 1.54) is 0 Å². The van der Waals surface area contributed by atoms with Crippen LogP contribution >= 0.6 is 11.3 Å². The summed E-state index contributed by atoms with van der Waals surface area (Å²) in [7, 11) is 0. The molecule has 0 radical (unpaired) electrons. The van der Waals surface area contributed by atoms with Gasteiger partial charge in [-0.15, -0.1) is 11.3 Å². The predicted octanol–water partition coefficient (Wildman–Crippen LogP) is 8.57. The Kier molecular flexibility index (Phi) is 13.9. The minimum absolute atomic E-state index is 0.0102. The molecule has 5 amide bonds. The first-order chi connectivity index (χ1) is 35.5. The van der Waals surface area contributed by atoms with Crippen LogP contribution in [0.25, 0.3) is 21.3 Å². The van der Waals surface area contributed by atoms with Crippen LogP contribution in [0, 0.1) is 5.92 Å². The number of piperidine rings is 2. The predicted molar refractivity (Wildman–Crippen MR) is 275 cm³/mol. The number of halogens is 2. The summed E-state index contributed by atoms with van der Waals surface area (Å²) in [5, 5.41) is 7.41. The summed E-state index contributed by atoms with van der Waals surface area (Å²) in [6.07, 6.45) is 6.13. The first-order valence-corrected chi connectivity index (χ1v) is 27.1. The molecule has 3 fully saturated rings. The van der Waals surface area contributed by atoms with E-state index in [0.29, 0.717) is 57.2 Å². The molecule has 73 heavy (non-hydrogen) atoms. The standard InChI is InChI=1S/C55H63F2N9O6S/c1-3-5-48(53(69)58-31-67)65-54(70)39-8-7-38(25-44(39)55(65)71)62-19-9-34(10-20-62)29-61-17-11-35(12-18-61)40-28-50-46(59-32-73-50)26-42(40)41-24-36-6-4-16-64(49(36)27-43(41)51(56)57)52-45-30-63(33(2)68)21-13-47(45)66(60-52)37-14-22-72-23-15-37/h7-8,24-28,31-32,34-35,37,48,51H,3-6,9-23,29-30H2,1-2H3,(H,58,67,69). The molecule has 0 saturated carbocycles. The smallest absolute Gasteiger partial charge is 0.264 e. The van der Waals surface area contributed by atoms with Gasteiger partial charge in [0.05, 0.1) is 39.4 Å². The minimum Gasteiger partial charge on any atom is -0.381 e. The van der Waals surface area contributed by atoms with Crippen LogP contribution in [-0.4, -0.2) is 125 Å². The van der Waals surface area contributed by atoms with Gasteiger partial charge >= 0.3 is 0 Å². The quantitative estimate of drug-likeness (QED) is 0.0892. The Balaban J connectivity index is 0.793. The molecule has 11 rings (SSSR count). The fourth-order valence-corrected chi connectivity index (χ4v) is 13.3. The summed E-state index contributed by atoms with van der Waals surface area (Å²) in [5.74, 6) is -0.254. The Morgan fingerprint density at radius 2 is 1.67 bits per heavy atom. The molecule has 0 aliphatic carbocycles. The van der Waals surface area contributed by atoms with E-state index in [4.69, 9.17) is 9.84 Å². The van der Waals surface area contributed by atoms with Gasteiger partial charge in [0.2, 0.25) is 18.2 Å². The van der Waals surface area contributed by atoms with Crippen molar-refractivity contribution >= 4 is 68.8 Å². The van der Waals surface area contributed by atoms with Crippen LogP contribution in [0.2, 0.25) is 0 Å². The van der Waals surface area contributed by atoms with Gasteiger partial charge in [-0.2, -0.15) is 5.10 Å². The van der Waals surface area contributed by atoms with E-state index in [0.717, 1.165) is 144 Å². The number of aryl methyl sites for hydroxylation is 1. The molecule has 6 aliphatic heterocycles. The maximum Gasteiger partial charge on any atom is 0.264 e. The van der Waals surface area contributed by atoms with E-state index in [2.05, 4.69) is 35.7 Å². The number of alkyl halides is 2. The number of carbonyl (C=O) groups excluding carboxylic acids is 5. The van der Waals surface area contributed by atoms with Crippen molar-refractivity contribution in [3.8, 4) is 11.1 Å². The topological polar surface area (TPSA) is 154 Å². The van der Waals surface area contributed by atoms with Crippen molar-refractivity contribution in [1.29, 1.82) is 0 Å². The van der Waals surface area contributed by atoms with E-state index >= 15 is 8.78 Å². The lowest BCUT2D eigenvalue weighted by Crippen LogP contribution is -2.49. The summed E-state index contributed by atoms with van der Waals surface area (Å²) >= 11 is 1.58. The second-order valence-corrected chi connectivity index (χ2v) is 21.6. The van der Waals surface area contributed by atoms with Crippen molar-refractivity contribution in [3.63, 3.8) is 0 Å². The fraction of sp³-hybridized carbons (Fsp3) is 0.509. The number of fused-ring (bicyclic) bond motifs is 4. The maximum absolute atomic E-state index is 15.7. The van der Waals surface area contributed by atoms with Crippen LogP contribution < -0.4 is 15.1 Å². The first kappa shape index (κ1) is 49.1. The molecule has 3 saturated heterocycles. The summed E-state index contributed by atoms with van der Waals surface area (Å²) < 4.78 is 40.4. The molecular formula is C55H63F2N9O6S. The highest BCUT2D eigenvalue weighted by Crippen LogP contribution is 2.47. The van der Waals surface area contributed by atoms with Gasteiger partial charge in [0, 0.05) is 87.5 Å². The highest BCUT2D eigenvalue weighted by molar-refractivity contribution is 7.16. The Morgan fingerprint density at radius 3 is 2.41 bits per heavy atom. The van der Waals surface area contributed by atoms with Gasteiger partial charge in [-0.05, 0) is 147 Å². The molecule has 1 atom stereocenters. The third-order valence-corrected chi connectivity index (χ3v) is 17.3. The Hall–Kier alpha value is -6.11. The monoisotopic (exact) mass is 1020 g/mol. The Morgan fingerprint density at radius 1 is 0.890 bits per heavy atom. The first-order valence-electron chi connectivity index (χ1n) is 26.3. The van der Waals surface area contributed by atoms with Crippen LogP contribution in [0.3, 0.4) is 0 Å². The molecule has 15 nitrogen and oxygen atoms in total. The number of carbonyl (C=O) groups is 5. The van der Waals surface area contributed by atoms with Gasteiger partial charge in [0.1, 0.15) is 6.04 Å². The lowest BCUT2D eigenvalue weighted by Gasteiger charge is -2.39. The number of imide groups is 2. The molecule has 1 N–H and O–H groups in total. The fourth-order valence-electron chi connectivity index (χ4n) is 12.6. The van der Waals surface area contributed by atoms with Gasteiger partial charge in [0.25, 0.3) is 18.2 Å². The molecule has 2 aromatic heterocycles. The van der Waals surface area contributed by atoms with Crippen LogP contribution in [0.4, 0.5) is 26.0 Å². The normalized spacial score (nSPS) is 19.7. The number of thiazole rings is 1. The molecule has 3 aromatic carbocycles. The SMILES string of the molecule is CCCC(C(=O)NC=O)N1C(=O)c2ccc(N3CCC(CN4CCC(c5cc6scnc6cc5-c5cc6c(cc5C(F)F)N(c5nn(C7CCOCC7)c7c5CN(C(C)=O)CC7)CCC6)CC4)CC3)cc2C1=O. The lowest BCUT2D eigenvalue weighted by atomic mass is 9.82. The number of ether oxygens (including phenoxy) is 1. The second-order valence-electron chi connectivity index (χ2n) is 20.8. The number of amides is 5. The van der Waals surface area contributed by atoms with Crippen LogP contribution in [0.5, 0.6) is 0 Å². The average molecular weight is 1020 g/mol. The Labute approximate surface area is 427 Å². The number of anilines is 3. The molecule has 5 aromatic rings. The summed E-state index contributed by atoms with van der Waals surface area (Å²) in [6.45, 7) is 10.9. The summed E-state index contributed by atoms with van der Waals surface area (Å²) in [5.41, 5.74) is 10.5. The van der Waals surface area contributed by atoms with Crippen LogP contribution in [0.15, 0.2) is 48.0 Å². The molecule has 6 aliphatic rings. The third-order valence-electron chi connectivity index (χ3n) is 16.5. The van der Waals surface area contributed by atoms with Crippen molar-refractivity contribution in [1.82, 2.24) is 34.8 Å². The van der Waals surface area contributed by atoms with Gasteiger partial charge < -0.3 is 24.3 Å². The number of rotatable bonds is 13. The lowest BCUT2D eigenvalue weighted by molar-refractivity contribution is -0.130.